The van der Waals surface area contributed by atoms with E-state index in [-0.39, 0.29) is 12.5 Å². The van der Waals surface area contributed by atoms with Crippen molar-refractivity contribution in [1.29, 1.82) is 0 Å². The molecule has 0 aliphatic rings. The van der Waals surface area contributed by atoms with E-state index >= 15 is 0 Å². The average molecular weight is 293 g/mol. The molecule has 0 saturated heterocycles. The van der Waals surface area contributed by atoms with Gasteiger partial charge in [0.05, 0.1) is 12.8 Å². The fourth-order valence-corrected chi connectivity index (χ4v) is 1.82. The first-order valence-electron chi connectivity index (χ1n) is 6.42. The van der Waals surface area contributed by atoms with Crippen LogP contribution in [0.15, 0.2) is 24.4 Å². The van der Waals surface area contributed by atoms with Crippen molar-refractivity contribution in [3.63, 3.8) is 0 Å². The van der Waals surface area contributed by atoms with Crippen LogP contribution in [0, 0.1) is 6.92 Å². The van der Waals surface area contributed by atoms with Crippen molar-refractivity contribution in [3.8, 4) is 11.5 Å². The third-order valence-electron chi connectivity index (χ3n) is 2.87. The van der Waals surface area contributed by atoms with Crippen molar-refractivity contribution in [2.24, 2.45) is 0 Å². The zero-order chi connectivity index (χ0) is 14.7. The summed E-state index contributed by atoms with van der Waals surface area (Å²) in [6.45, 7) is 5.71. The van der Waals surface area contributed by atoms with Crippen LogP contribution in [0.2, 0.25) is 5.02 Å². The maximum Gasteiger partial charge on any atom is 0.169 e. The molecule has 1 aromatic heterocycles. The summed E-state index contributed by atoms with van der Waals surface area (Å²) >= 11 is 5.98. The zero-order valence-corrected chi connectivity index (χ0v) is 12.5. The molecule has 0 saturated carbocycles. The zero-order valence-electron chi connectivity index (χ0n) is 11.7. The lowest BCUT2D eigenvalue weighted by molar-refractivity contribution is 0.270. The largest absolute Gasteiger partial charge is 0.454 e. The quantitative estimate of drug-likeness (QED) is 0.930. The minimum absolute atomic E-state index is 0.190. The number of nitrogens with zero attached hydrogens (tertiary/aromatic N) is 2. The molecular weight excluding hydrogens is 276 g/mol. The topological polar surface area (TPSA) is 55.2 Å². The van der Waals surface area contributed by atoms with Crippen LogP contribution in [-0.4, -0.2) is 15.1 Å². The highest BCUT2D eigenvalue weighted by molar-refractivity contribution is 6.31. The second kappa shape index (κ2) is 6.20. The standard InChI is InChI=1S/C15H17ClN2O2/c1-9(2)15-17-7-14(13(8-19)18-15)20-11-4-5-12(16)10(3)6-11/h4-7,9,19H,8H2,1-3H3. The average Bonchev–Trinajstić information content (AvgIpc) is 2.43. The third kappa shape index (κ3) is 3.26. The normalized spacial score (nSPS) is 10.9. The monoisotopic (exact) mass is 292 g/mol. The summed E-state index contributed by atoms with van der Waals surface area (Å²) in [6.07, 6.45) is 1.60. The third-order valence-corrected chi connectivity index (χ3v) is 3.30. The summed E-state index contributed by atoms with van der Waals surface area (Å²) in [5, 5.41) is 10.1. The van der Waals surface area contributed by atoms with Gasteiger partial charge in [-0.15, -0.1) is 0 Å². The van der Waals surface area contributed by atoms with Crippen LogP contribution in [0.5, 0.6) is 11.5 Å². The molecule has 4 nitrogen and oxygen atoms in total. The SMILES string of the molecule is Cc1cc(Oc2cnc(C(C)C)nc2CO)ccc1Cl. The molecular formula is C15H17ClN2O2. The molecule has 0 amide bonds. The second-order valence-corrected chi connectivity index (χ2v) is 5.27. The number of aryl methyl sites for hydroxylation is 1. The minimum atomic E-state index is -0.190. The van der Waals surface area contributed by atoms with Crippen LogP contribution in [0.3, 0.4) is 0 Å². The first kappa shape index (κ1) is 14.8. The highest BCUT2D eigenvalue weighted by Gasteiger charge is 2.11. The van der Waals surface area contributed by atoms with Gasteiger partial charge in [0.15, 0.2) is 5.75 Å². The summed E-state index contributed by atoms with van der Waals surface area (Å²) < 4.78 is 5.73. The molecule has 0 radical (unpaired) electrons. The molecule has 5 heteroatoms. The van der Waals surface area contributed by atoms with E-state index in [0.29, 0.717) is 28.0 Å². The Balaban J connectivity index is 2.30. The summed E-state index contributed by atoms with van der Waals surface area (Å²) in [7, 11) is 0. The van der Waals surface area contributed by atoms with E-state index in [1.807, 2.05) is 26.8 Å². The van der Waals surface area contributed by atoms with Gasteiger partial charge in [0.25, 0.3) is 0 Å². The molecule has 0 unspecified atom stereocenters. The summed E-state index contributed by atoms with van der Waals surface area (Å²) in [5.41, 5.74) is 1.41. The number of benzene rings is 1. The smallest absolute Gasteiger partial charge is 0.169 e. The van der Waals surface area contributed by atoms with Crippen LogP contribution in [0.4, 0.5) is 0 Å². The lowest BCUT2D eigenvalue weighted by Gasteiger charge is -2.12. The van der Waals surface area contributed by atoms with E-state index in [1.54, 1.807) is 18.3 Å². The van der Waals surface area contributed by atoms with Crippen LogP contribution < -0.4 is 4.74 Å². The van der Waals surface area contributed by atoms with Gasteiger partial charge in [-0.3, -0.25) is 0 Å². The number of aromatic nitrogens is 2. The van der Waals surface area contributed by atoms with Crippen LogP contribution in [0.25, 0.3) is 0 Å². The van der Waals surface area contributed by atoms with Gasteiger partial charge in [0, 0.05) is 10.9 Å². The van der Waals surface area contributed by atoms with Crippen LogP contribution in [-0.2, 0) is 6.61 Å². The molecule has 106 valence electrons. The second-order valence-electron chi connectivity index (χ2n) is 4.87. The molecule has 0 fully saturated rings. The highest BCUT2D eigenvalue weighted by atomic mass is 35.5. The number of hydrogen-bond acceptors (Lipinski definition) is 4. The molecule has 0 atom stereocenters. The maximum atomic E-state index is 9.41. The predicted molar refractivity (Wildman–Crippen MR) is 78.3 cm³/mol. The van der Waals surface area contributed by atoms with Crippen LogP contribution >= 0.6 is 11.6 Å². The number of halogens is 1. The minimum Gasteiger partial charge on any atom is -0.454 e. The molecule has 0 bridgehead atoms. The number of aliphatic hydroxyl groups excluding tert-OH is 1. The van der Waals surface area contributed by atoms with E-state index < -0.39 is 0 Å². The van der Waals surface area contributed by atoms with Gasteiger partial charge in [-0.2, -0.15) is 0 Å². The molecule has 0 aliphatic carbocycles. The Hall–Kier alpha value is -1.65. The van der Waals surface area contributed by atoms with E-state index in [4.69, 9.17) is 16.3 Å². The fraction of sp³-hybridized carbons (Fsp3) is 0.333. The Kier molecular flexibility index (Phi) is 4.57. The molecule has 1 N–H and O–H groups in total. The molecule has 20 heavy (non-hydrogen) atoms. The Morgan fingerprint density at radius 1 is 1.35 bits per heavy atom. The van der Waals surface area contributed by atoms with Crippen molar-refractivity contribution < 1.29 is 9.84 Å². The lowest BCUT2D eigenvalue weighted by atomic mass is 10.2. The molecule has 1 aromatic carbocycles. The van der Waals surface area contributed by atoms with E-state index in [0.717, 1.165) is 5.56 Å². The Morgan fingerprint density at radius 2 is 2.10 bits per heavy atom. The maximum absolute atomic E-state index is 9.41. The predicted octanol–water partition coefficient (Wildman–Crippen LogP) is 3.85. The van der Waals surface area contributed by atoms with Crippen molar-refractivity contribution in [2.75, 3.05) is 0 Å². The van der Waals surface area contributed by atoms with Gasteiger partial charge in [0.1, 0.15) is 17.3 Å². The van der Waals surface area contributed by atoms with E-state index in [9.17, 15) is 5.11 Å². The van der Waals surface area contributed by atoms with Gasteiger partial charge in [0.2, 0.25) is 0 Å². The van der Waals surface area contributed by atoms with E-state index in [1.165, 1.54) is 0 Å². The van der Waals surface area contributed by atoms with Gasteiger partial charge < -0.3 is 9.84 Å². The summed E-state index contributed by atoms with van der Waals surface area (Å²) in [6, 6.07) is 5.38. The molecule has 1 heterocycles. The molecule has 0 aliphatic heterocycles. The van der Waals surface area contributed by atoms with Gasteiger partial charge in [-0.1, -0.05) is 25.4 Å². The van der Waals surface area contributed by atoms with E-state index in [2.05, 4.69) is 9.97 Å². The number of hydrogen-bond donors (Lipinski definition) is 1. The Morgan fingerprint density at radius 3 is 2.70 bits per heavy atom. The molecule has 0 spiro atoms. The number of rotatable bonds is 4. The summed E-state index contributed by atoms with van der Waals surface area (Å²) in [5.74, 6) is 1.99. The first-order chi connectivity index (χ1) is 9.51. The van der Waals surface area contributed by atoms with Crippen LogP contribution in [0.1, 0.15) is 36.8 Å². The lowest BCUT2D eigenvalue weighted by Crippen LogP contribution is -2.03. The highest BCUT2D eigenvalue weighted by Crippen LogP contribution is 2.27. The van der Waals surface area contributed by atoms with Gasteiger partial charge in [-0.05, 0) is 30.7 Å². The Labute approximate surface area is 123 Å². The van der Waals surface area contributed by atoms with Gasteiger partial charge >= 0.3 is 0 Å². The number of aliphatic hydroxyl groups is 1. The molecule has 2 aromatic rings. The fourth-order valence-electron chi connectivity index (χ4n) is 1.71. The van der Waals surface area contributed by atoms with Crippen molar-refractivity contribution >= 4 is 11.6 Å². The Bertz CT molecular complexity index is 615. The van der Waals surface area contributed by atoms with Crippen molar-refractivity contribution in [2.45, 2.75) is 33.3 Å². The van der Waals surface area contributed by atoms with Crippen molar-refractivity contribution in [3.05, 3.63) is 46.5 Å². The molecule has 2 rings (SSSR count). The first-order valence-corrected chi connectivity index (χ1v) is 6.79. The number of ether oxygens (including phenoxy) is 1. The van der Waals surface area contributed by atoms with Crippen molar-refractivity contribution in [1.82, 2.24) is 9.97 Å². The summed E-state index contributed by atoms with van der Waals surface area (Å²) in [4.78, 5) is 8.56. The van der Waals surface area contributed by atoms with Gasteiger partial charge in [-0.25, -0.2) is 9.97 Å².